The molecule has 1 fully saturated rings. The average molecular weight is 284 g/mol. The maximum absolute atomic E-state index is 6.13. The Morgan fingerprint density at radius 3 is 2.94 bits per heavy atom. The van der Waals surface area contributed by atoms with Gasteiger partial charge in [-0.25, -0.2) is 4.98 Å². The third-order valence-corrected chi connectivity index (χ3v) is 4.85. The fourth-order valence-electron chi connectivity index (χ4n) is 2.97. The second-order valence-corrected chi connectivity index (χ2v) is 5.94. The van der Waals surface area contributed by atoms with Gasteiger partial charge in [-0.05, 0) is 19.8 Å². The highest BCUT2D eigenvalue weighted by molar-refractivity contribution is 7.15. The molecule has 1 aliphatic carbocycles. The van der Waals surface area contributed by atoms with Crippen molar-refractivity contribution < 1.29 is 0 Å². The van der Waals surface area contributed by atoms with E-state index in [1.54, 1.807) is 11.3 Å². The number of halogens is 1. The van der Waals surface area contributed by atoms with Gasteiger partial charge in [0.2, 0.25) is 0 Å². The van der Waals surface area contributed by atoms with Crippen LogP contribution in [0.15, 0.2) is 11.6 Å². The van der Waals surface area contributed by atoms with E-state index in [4.69, 9.17) is 16.6 Å². The molecule has 1 saturated carbocycles. The summed E-state index contributed by atoms with van der Waals surface area (Å²) in [6.07, 6.45) is 7.34. The van der Waals surface area contributed by atoms with Crippen molar-refractivity contribution in [3.05, 3.63) is 17.3 Å². The van der Waals surface area contributed by atoms with Crippen LogP contribution in [0.25, 0.3) is 4.96 Å². The molecule has 0 saturated heterocycles. The summed E-state index contributed by atoms with van der Waals surface area (Å²) in [4.78, 5) is 8.28. The van der Waals surface area contributed by atoms with Crippen LogP contribution in [0.4, 0.5) is 5.82 Å². The molecule has 0 atom stereocenters. The molecule has 2 aromatic heterocycles. The SMILES string of the molecule is CCN(c1nc2sccn2c1CCl)C1CCCC1. The van der Waals surface area contributed by atoms with Crippen molar-refractivity contribution in [3.63, 3.8) is 0 Å². The smallest absolute Gasteiger partial charge is 0.195 e. The van der Waals surface area contributed by atoms with Gasteiger partial charge in [-0.15, -0.1) is 22.9 Å². The van der Waals surface area contributed by atoms with Crippen LogP contribution < -0.4 is 4.90 Å². The van der Waals surface area contributed by atoms with Gasteiger partial charge < -0.3 is 4.90 Å². The molecule has 5 heteroatoms. The van der Waals surface area contributed by atoms with Crippen LogP contribution in [0.2, 0.25) is 0 Å². The van der Waals surface area contributed by atoms with Crippen molar-refractivity contribution in [2.45, 2.75) is 44.5 Å². The number of rotatable bonds is 4. The summed E-state index contributed by atoms with van der Waals surface area (Å²) in [6.45, 7) is 3.23. The Bertz CT molecular complexity index is 527. The topological polar surface area (TPSA) is 20.5 Å². The second kappa shape index (κ2) is 5.10. The zero-order valence-corrected chi connectivity index (χ0v) is 12.2. The molecule has 3 rings (SSSR count). The third-order valence-electron chi connectivity index (χ3n) is 3.84. The first-order valence-electron chi connectivity index (χ1n) is 6.62. The predicted octanol–water partition coefficient (Wildman–Crippen LogP) is 3.90. The van der Waals surface area contributed by atoms with Crippen LogP contribution >= 0.6 is 22.9 Å². The predicted molar refractivity (Wildman–Crippen MR) is 77.9 cm³/mol. The van der Waals surface area contributed by atoms with Crippen molar-refractivity contribution in [2.24, 2.45) is 0 Å². The van der Waals surface area contributed by atoms with Gasteiger partial charge in [0.25, 0.3) is 0 Å². The molecule has 0 unspecified atom stereocenters. The minimum absolute atomic E-state index is 0.524. The zero-order valence-electron chi connectivity index (χ0n) is 10.6. The largest absolute Gasteiger partial charge is 0.352 e. The standard InChI is InChI=1S/C13H18ClN3S/c1-2-16(10-5-3-4-6-10)12-11(9-14)17-7-8-18-13(17)15-12/h7-8,10H,2-6,9H2,1H3. The van der Waals surface area contributed by atoms with Crippen LogP contribution in [-0.2, 0) is 5.88 Å². The van der Waals surface area contributed by atoms with Gasteiger partial charge in [0.05, 0.1) is 11.6 Å². The van der Waals surface area contributed by atoms with E-state index < -0.39 is 0 Å². The Balaban J connectivity index is 2.02. The fourth-order valence-corrected chi connectivity index (χ4v) is 3.95. The molecule has 0 bridgehead atoms. The molecule has 0 aliphatic heterocycles. The zero-order chi connectivity index (χ0) is 12.5. The van der Waals surface area contributed by atoms with Crippen LogP contribution in [0.5, 0.6) is 0 Å². The van der Waals surface area contributed by atoms with Gasteiger partial charge in [0.1, 0.15) is 0 Å². The number of imidazole rings is 1. The third kappa shape index (κ3) is 1.91. The number of nitrogens with zero attached hydrogens (tertiary/aromatic N) is 3. The molecule has 0 N–H and O–H groups in total. The molecular weight excluding hydrogens is 266 g/mol. The highest BCUT2D eigenvalue weighted by atomic mass is 35.5. The summed E-state index contributed by atoms with van der Waals surface area (Å²) in [5.41, 5.74) is 1.14. The van der Waals surface area contributed by atoms with Crippen LogP contribution in [-0.4, -0.2) is 22.0 Å². The van der Waals surface area contributed by atoms with Crippen molar-refractivity contribution >= 4 is 33.7 Å². The van der Waals surface area contributed by atoms with E-state index in [2.05, 4.69) is 27.8 Å². The normalized spacial score (nSPS) is 16.8. The molecule has 0 radical (unpaired) electrons. The summed E-state index contributed by atoms with van der Waals surface area (Å²) in [6, 6.07) is 0.654. The number of hydrogen-bond donors (Lipinski definition) is 0. The number of aromatic nitrogens is 2. The van der Waals surface area contributed by atoms with Gasteiger partial charge in [-0.3, -0.25) is 4.40 Å². The van der Waals surface area contributed by atoms with E-state index in [0.29, 0.717) is 11.9 Å². The Morgan fingerprint density at radius 2 is 2.28 bits per heavy atom. The maximum Gasteiger partial charge on any atom is 0.195 e. The van der Waals surface area contributed by atoms with Gasteiger partial charge in [-0.2, -0.15) is 0 Å². The first kappa shape index (κ1) is 12.3. The second-order valence-electron chi connectivity index (χ2n) is 4.80. The molecule has 3 nitrogen and oxygen atoms in total. The van der Waals surface area contributed by atoms with Gasteiger partial charge in [-0.1, -0.05) is 12.8 Å². The van der Waals surface area contributed by atoms with E-state index in [1.165, 1.54) is 25.7 Å². The Labute approximate surface area is 116 Å². The van der Waals surface area contributed by atoms with Crippen LogP contribution in [0, 0.1) is 0 Å². The van der Waals surface area contributed by atoms with Gasteiger partial charge >= 0.3 is 0 Å². The van der Waals surface area contributed by atoms with E-state index >= 15 is 0 Å². The molecule has 0 aromatic carbocycles. The molecule has 98 valence electrons. The van der Waals surface area contributed by atoms with Crippen molar-refractivity contribution in [3.8, 4) is 0 Å². The summed E-state index contributed by atoms with van der Waals surface area (Å²) in [5, 5.41) is 2.06. The lowest BCUT2D eigenvalue weighted by Crippen LogP contribution is -2.34. The van der Waals surface area contributed by atoms with Crippen LogP contribution in [0.1, 0.15) is 38.3 Å². The Hall–Kier alpha value is -0.740. The summed E-state index contributed by atoms with van der Waals surface area (Å²) >= 11 is 7.81. The van der Waals surface area contributed by atoms with E-state index in [0.717, 1.165) is 23.0 Å². The fraction of sp³-hybridized carbons (Fsp3) is 0.615. The Kier molecular flexibility index (Phi) is 3.48. The summed E-state index contributed by atoms with van der Waals surface area (Å²) < 4.78 is 2.13. The van der Waals surface area contributed by atoms with E-state index in [9.17, 15) is 0 Å². The lowest BCUT2D eigenvalue weighted by atomic mass is 10.2. The van der Waals surface area contributed by atoms with E-state index in [-0.39, 0.29) is 0 Å². The van der Waals surface area contributed by atoms with Crippen molar-refractivity contribution in [1.82, 2.24) is 9.38 Å². The number of anilines is 1. The lowest BCUT2D eigenvalue weighted by Gasteiger charge is -2.28. The number of alkyl halides is 1. The van der Waals surface area contributed by atoms with Gasteiger partial charge in [0.15, 0.2) is 10.8 Å². The quantitative estimate of drug-likeness (QED) is 0.793. The Morgan fingerprint density at radius 1 is 1.50 bits per heavy atom. The highest BCUT2D eigenvalue weighted by Crippen LogP contribution is 2.32. The minimum atomic E-state index is 0.524. The molecule has 0 spiro atoms. The molecule has 1 aliphatic rings. The molecular formula is C13H18ClN3S. The van der Waals surface area contributed by atoms with Crippen molar-refractivity contribution in [2.75, 3.05) is 11.4 Å². The first-order chi connectivity index (χ1) is 8.85. The molecule has 0 amide bonds. The summed E-state index contributed by atoms with van der Waals surface area (Å²) in [5.74, 6) is 1.63. The summed E-state index contributed by atoms with van der Waals surface area (Å²) in [7, 11) is 0. The first-order valence-corrected chi connectivity index (χ1v) is 8.03. The number of hydrogen-bond acceptors (Lipinski definition) is 3. The number of thiazole rings is 1. The number of fused-ring (bicyclic) bond motifs is 1. The minimum Gasteiger partial charge on any atom is -0.352 e. The average Bonchev–Trinajstić information content (AvgIpc) is 3.05. The monoisotopic (exact) mass is 283 g/mol. The van der Waals surface area contributed by atoms with Crippen molar-refractivity contribution in [1.29, 1.82) is 0 Å². The lowest BCUT2D eigenvalue weighted by molar-refractivity contribution is 0.612. The molecule has 2 aromatic rings. The van der Waals surface area contributed by atoms with E-state index in [1.807, 2.05) is 0 Å². The maximum atomic E-state index is 6.13. The highest BCUT2D eigenvalue weighted by Gasteiger charge is 2.26. The molecule has 2 heterocycles. The van der Waals surface area contributed by atoms with Crippen LogP contribution in [0.3, 0.4) is 0 Å². The van der Waals surface area contributed by atoms with Gasteiger partial charge in [0, 0.05) is 24.2 Å². The molecule has 18 heavy (non-hydrogen) atoms.